The van der Waals surface area contributed by atoms with E-state index >= 15 is 0 Å². The van der Waals surface area contributed by atoms with Gasteiger partial charge in [-0.25, -0.2) is 17.6 Å². The Morgan fingerprint density at radius 2 is 1.59 bits per heavy atom. The van der Waals surface area contributed by atoms with Gasteiger partial charge in [-0.3, -0.25) is 4.79 Å². The normalized spacial score (nSPS) is 11.2. The second-order valence-corrected chi connectivity index (χ2v) is 3.63. The van der Waals surface area contributed by atoms with Crippen LogP contribution in [0.25, 0.3) is 0 Å². The van der Waals surface area contributed by atoms with E-state index < -0.39 is 36.2 Å². The maximum absolute atomic E-state index is 12.6. The molecule has 0 unspecified atom stereocenters. The fourth-order valence-electron chi connectivity index (χ4n) is 1.48. The molecule has 0 aliphatic rings. The minimum absolute atomic E-state index is 0.317. The summed E-state index contributed by atoms with van der Waals surface area (Å²) >= 11 is 5.24. The van der Waals surface area contributed by atoms with E-state index in [-0.39, 0.29) is 11.4 Å². The van der Waals surface area contributed by atoms with E-state index in [1.165, 1.54) is 0 Å². The number of hydrogen-bond acceptors (Lipinski definition) is 1. The van der Waals surface area contributed by atoms with Crippen molar-refractivity contribution in [3.05, 3.63) is 34.9 Å². The Kier molecular flexibility index (Phi) is 4.93. The molecule has 0 aliphatic carbocycles. The molecule has 0 aliphatic heterocycles. The topological polar surface area (TPSA) is 17.1 Å². The molecule has 0 radical (unpaired) electrons. The summed E-state index contributed by atoms with van der Waals surface area (Å²) < 4.78 is 50.5. The highest BCUT2D eigenvalue weighted by Gasteiger charge is 2.22. The first-order valence-corrected chi connectivity index (χ1v) is 5.26. The molecule has 1 aromatic rings. The van der Waals surface area contributed by atoms with Crippen LogP contribution in [0.3, 0.4) is 0 Å². The van der Waals surface area contributed by atoms with Gasteiger partial charge in [-0.1, -0.05) is 18.2 Å². The lowest BCUT2D eigenvalue weighted by atomic mass is 9.97. The molecule has 1 aromatic carbocycles. The van der Waals surface area contributed by atoms with Crippen molar-refractivity contribution < 1.29 is 22.4 Å². The number of alkyl halides is 5. The maximum atomic E-state index is 12.6. The van der Waals surface area contributed by atoms with Crippen molar-refractivity contribution in [2.45, 2.75) is 19.3 Å². The summed E-state index contributed by atoms with van der Waals surface area (Å²) in [5.41, 5.74) is -1.40. The zero-order chi connectivity index (χ0) is 13.0. The van der Waals surface area contributed by atoms with Crippen molar-refractivity contribution in [3.63, 3.8) is 0 Å². The highest BCUT2D eigenvalue weighted by molar-refractivity contribution is 6.27. The van der Waals surface area contributed by atoms with Crippen LogP contribution < -0.4 is 0 Å². The van der Waals surface area contributed by atoms with Crippen LogP contribution in [-0.4, -0.2) is 11.7 Å². The third kappa shape index (κ3) is 3.43. The van der Waals surface area contributed by atoms with Gasteiger partial charge in [-0.2, -0.15) is 0 Å². The van der Waals surface area contributed by atoms with Gasteiger partial charge in [0.1, 0.15) is 0 Å². The van der Waals surface area contributed by atoms with E-state index in [9.17, 15) is 22.4 Å². The zero-order valence-electron chi connectivity index (χ0n) is 8.60. The summed E-state index contributed by atoms with van der Waals surface area (Å²) in [6.45, 7) is 0. The van der Waals surface area contributed by atoms with Crippen LogP contribution in [0.2, 0.25) is 0 Å². The second-order valence-electron chi connectivity index (χ2n) is 3.37. The van der Waals surface area contributed by atoms with Crippen molar-refractivity contribution in [1.82, 2.24) is 0 Å². The van der Waals surface area contributed by atoms with Crippen LogP contribution in [0, 0.1) is 0 Å². The summed E-state index contributed by atoms with van der Waals surface area (Å²) in [5, 5.41) is 0. The molecular formula is C11H9ClF4O. The van der Waals surface area contributed by atoms with Crippen molar-refractivity contribution in [2.24, 2.45) is 0 Å². The van der Waals surface area contributed by atoms with E-state index in [1.54, 1.807) is 0 Å². The van der Waals surface area contributed by atoms with E-state index in [4.69, 9.17) is 11.6 Å². The predicted molar refractivity (Wildman–Crippen MR) is 55.8 cm³/mol. The predicted octanol–water partition coefficient (Wildman–Crippen LogP) is 3.91. The van der Waals surface area contributed by atoms with Gasteiger partial charge in [-0.05, 0) is 5.56 Å². The van der Waals surface area contributed by atoms with Gasteiger partial charge in [0.25, 0.3) is 12.9 Å². The number of carbonyl (C=O) groups is 1. The van der Waals surface area contributed by atoms with Crippen LogP contribution in [-0.2, 0) is 11.2 Å². The van der Waals surface area contributed by atoms with Crippen LogP contribution in [0.15, 0.2) is 18.2 Å². The lowest BCUT2D eigenvalue weighted by molar-refractivity contribution is -0.116. The van der Waals surface area contributed by atoms with Gasteiger partial charge in [0.2, 0.25) is 0 Å². The smallest absolute Gasteiger partial charge is 0.264 e. The van der Waals surface area contributed by atoms with Crippen LogP contribution in [0.1, 0.15) is 29.5 Å². The molecule has 0 bridgehead atoms. The second kappa shape index (κ2) is 6.00. The molecule has 0 atom stereocenters. The molecule has 0 N–H and O–H groups in total. The molecule has 6 heteroatoms. The van der Waals surface area contributed by atoms with E-state index in [1.807, 2.05) is 0 Å². The molecule has 0 saturated carbocycles. The highest BCUT2D eigenvalue weighted by Crippen LogP contribution is 2.31. The molecule has 0 heterocycles. The summed E-state index contributed by atoms with van der Waals surface area (Å²) in [7, 11) is 0. The Bertz CT molecular complexity index is 380. The number of benzene rings is 1. The monoisotopic (exact) mass is 268 g/mol. The van der Waals surface area contributed by atoms with E-state index in [2.05, 4.69) is 0 Å². The number of rotatable bonds is 5. The molecule has 0 saturated heterocycles. The average molecular weight is 269 g/mol. The van der Waals surface area contributed by atoms with Gasteiger partial charge >= 0.3 is 0 Å². The Labute approximate surface area is 100 Å². The van der Waals surface area contributed by atoms with E-state index in [0.717, 1.165) is 18.2 Å². The lowest BCUT2D eigenvalue weighted by Crippen LogP contribution is -2.10. The van der Waals surface area contributed by atoms with Gasteiger partial charge in [0.15, 0.2) is 5.78 Å². The van der Waals surface area contributed by atoms with E-state index in [0.29, 0.717) is 0 Å². The molecule has 1 rings (SSSR count). The number of Topliss-reactive ketones (excluding diaryl/α,β-unsaturated/α-hetero) is 1. The zero-order valence-corrected chi connectivity index (χ0v) is 9.35. The standard InChI is InChI=1S/C11H9ClF4O/c12-5-6(17)4-9-7(10(13)14)2-1-3-8(9)11(15)16/h1-3,10-11H,4-5H2. The number of halogens is 5. The summed E-state index contributed by atoms with van der Waals surface area (Å²) in [4.78, 5) is 11.1. The van der Waals surface area contributed by atoms with Crippen molar-refractivity contribution in [1.29, 1.82) is 0 Å². The van der Waals surface area contributed by atoms with Crippen LogP contribution in [0.5, 0.6) is 0 Å². The molecule has 94 valence electrons. The molecule has 1 nitrogen and oxygen atoms in total. The first kappa shape index (κ1) is 14.0. The molecule has 0 fully saturated rings. The lowest BCUT2D eigenvalue weighted by Gasteiger charge is -2.13. The number of ketones is 1. The summed E-state index contributed by atoms with van der Waals surface area (Å²) in [6, 6.07) is 3.19. The minimum atomic E-state index is -2.90. The first-order valence-electron chi connectivity index (χ1n) is 4.73. The SMILES string of the molecule is O=C(CCl)Cc1c(C(F)F)cccc1C(F)F. The van der Waals surface area contributed by atoms with Crippen LogP contribution in [0.4, 0.5) is 17.6 Å². The van der Waals surface area contributed by atoms with Crippen molar-refractivity contribution in [2.75, 3.05) is 5.88 Å². The van der Waals surface area contributed by atoms with Gasteiger partial charge in [0.05, 0.1) is 5.88 Å². The Morgan fingerprint density at radius 1 is 1.12 bits per heavy atom. The van der Waals surface area contributed by atoms with Gasteiger partial charge in [-0.15, -0.1) is 11.6 Å². The summed E-state index contributed by atoms with van der Waals surface area (Å²) in [6.07, 6.45) is -6.29. The van der Waals surface area contributed by atoms with Crippen molar-refractivity contribution in [3.8, 4) is 0 Å². The summed E-state index contributed by atoms with van der Waals surface area (Å²) in [5.74, 6) is -0.957. The fourth-order valence-corrected chi connectivity index (χ4v) is 1.58. The van der Waals surface area contributed by atoms with Crippen molar-refractivity contribution >= 4 is 17.4 Å². The molecule has 0 spiro atoms. The Hall–Kier alpha value is -1.10. The third-order valence-electron chi connectivity index (χ3n) is 2.24. The molecular weight excluding hydrogens is 260 g/mol. The minimum Gasteiger partial charge on any atom is -0.298 e. The fraction of sp³-hybridized carbons (Fsp3) is 0.364. The Morgan fingerprint density at radius 3 is 1.94 bits per heavy atom. The Balaban J connectivity index is 3.23. The van der Waals surface area contributed by atoms with Gasteiger partial charge in [0, 0.05) is 17.5 Å². The third-order valence-corrected chi connectivity index (χ3v) is 2.54. The average Bonchev–Trinajstić information content (AvgIpc) is 2.28. The number of carbonyl (C=O) groups excluding carboxylic acids is 1. The quantitative estimate of drug-likeness (QED) is 0.584. The maximum Gasteiger partial charge on any atom is 0.264 e. The largest absolute Gasteiger partial charge is 0.298 e. The molecule has 0 amide bonds. The molecule has 17 heavy (non-hydrogen) atoms. The number of hydrogen-bond donors (Lipinski definition) is 0. The van der Waals surface area contributed by atoms with Gasteiger partial charge < -0.3 is 0 Å². The highest BCUT2D eigenvalue weighted by atomic mass is 35.5. The molecule has 0 aromatic heterocycles. The van der Waals surface area contributed by atoms with Crippen LogP contribution >= 0.6 is 11.6 Å². The first-order chi connectivity index (χ1) is 7.97.